The summed E-state index contributed by atoms with van der Waals surface area (Å²) in [6.45, 7) is 0. The Hall–Kier alpha value is -3.13. The second kappa shape index (κ2) is 9.16. The molecule has 0 aromatic heterocycles. The van der Waals surface area contributed by atoms with Crippen LogP contribution in [0.5, 0.6) is 0 Å². The summed E-state index contributed by atoms with van der Waals surface area (Å²) in [6, 6.07) is 17.5. The lowest BCUT2D eigenvalue weighted by atomic mass is 10.0. The number of hydrogen-bond acceptors (Lipinski definition) is 5. The fourth-order valence-corrected chi connectivity index (χ4v) is 4.46. The number of nitrogens with zero attached hydrogens (tertiary/aromatic N) is 2. The molecule has 1 aliphatic rings. The molecule has 0 atom stereocenters. The third kappa shape index (κ3) is 4.14. The zero-order valence-electron chi connectivity index (χ0n) is 16.5. The average molecular weight is 485 g/mol. The third-order valence-electron chi connectivity index (χ3n) is 4.65. The number of fused-ring (bicyclic) bond motifs is 1. The van der Waals surface area contributed by atoms with Crippen LogP contribution in [0.3, 0.4) is 0 Å². The minimum atomic E-state index is -0.709. The van der Waals surface area contributed by atoms with Crippen molar-refractivity contribution in [2.24, 2.45) is 4.99 Å². The van der Waals surface area contributed by atoms with Gasteiger partial charge in [0, 0.05) is 11.6 Å². The molecule has 0 unspecified atom stereocenters. The molecule has 6 nitrogen and oxygen atoms in total. The zero-order valence-corrected chi connectivity index (χ0v) is 18.9. The smallest absolute Gasteiger partial charge is 0.331 e. The van der Waals surface area contributed by atoms with E-state index in [0.29, 0.717) is 5.56 Å². The van der Waals surface area contributed by atoms with Crippen molar-refractivity contribution in [3.8, 4) is 0 Å². The van der Waals surface area contributed by atoms with Crippen molar-refractivity contribution < 1.29 is 19.1 Å². The monoisotopic (exact) mass is 484 g/mol. The molecule has 4 rings (SSSR count). The quantitative estimate of drug-likeness (QED) is 0.363. The van der Waals surface area contributed by atoms with Gasteiger partial charge in [0.25, 0.3) is 11.8 Å². The van der Waals surface area contributed by atoms with E-state index in [9.17, 15) is 14.4 Å². The number of carbonyl (C=O) groups excluding carboxylic acids is 3. The highest BCUT2D eigenvalue weighted by Crippen LogP contribution is 2.40. The molecule has 0 saturated carbocycles. The predicted octanol–water partition coefficient (Wildman–Crippen LogP) is 5.48. The SMILES string of the molecule is COC(=O)/C=C1\SC(=NC(=O)c2cccc3ccccc23)N(c2cccc(Cl)c2Cl)C1=O. The molecule has 0 bridgehead atoms. The van der Waals surface area contributed by atoms with E-state index >= 15 is 0 Å². The summed E-state index contributed by atoms with van der Waals surface area (Å²) >= 11 is 13.3. The molecule has 32 heavy (non-hydrogen) atoms. The number of ether oxygens (including phenoxy) is 1. The topological polar surface area (TPSA) is 76.0 Å². The fraction of sp³-hybridized carbons (Fsp3) is 0.0435. The number of esters is 1. The molecular formula is C23H14Cl2N2O4S. The van der Waals surface area contributed by atoms with Crippen molar-refractivity contribution in [3.05, 3.63) is 87.3 Å². The Labute approximate surface area is 197 Å². The first-order chi connectivity index (χ1) is 15.4. The summed E-state index contributed by atoms with van der Waals surface area (Å²) in [5, 5.41) is 2.01. The maximum absolute atomic E-state index is 13.1. The number of aliphatic imine (C=N–C) groups is 1. The number of rotatable bonds is 3. The van der Waals surface area contributed by atoms with Crippen molar-refractivity contribution in [2.75, 3.05) is 12.0 Å². The summed E-state index contributed by atoms with van der Waals surface area (Å²) in [7, 11) is 1.20. The summed E-state index contributed by atoms with van der Waals surface area (Å²) < 4.78 is 4.62. The highest BCUT2D eigenvalue weighted by atomic mass is 35.5. The van der Waals surface area contributed by atoms with Gasteiger partial charge in [0.05, 0.1) is 27.7 Å². The normalized spacial score (nSPS) is 16.2. The Kier molecular flexibility index (Phi) is 6.32. The molecule has 0 N–H and O–H groups in total. The number of hydrogen-bond donors (Lipinski definition) is 0. The lowest BCUT2D eigenvalue weighted by Crippen LogP contribution is -2.30. The maximum atomic E-state index is 13.1. The van der Waals surface area contributed by atoms with Crippen LogP contribution in [0.1, 0.15) is 10.4 Å². The highest BCUT2D eigenvalue weighted by molar-refractivity contribution is 8.19. The van der Waals surface area contributed by atoms with E-state index in [1.54, 1.807) is 30.3 Å². The number of methoxy groups -OCH3 is 1. The molecule has 2 amide bonds. The molecule has 1 saturated heterocycles. The number of anilines is 1. The van der Waals surface area contributed by atoms with Crippen molar-refractivity contribution in [1.82, 2.24) is 0 Å². The van der Waals surface area contributed by atoms with Gasteiger partial charge in [0.2, 0.25) is 0 Å². The van der Waals surface area contributed by atoms with Gasteiger partial charge in [0.15, 0.2) is 5.17 Å². The fourth-order valence-electron chi connectivity index (χ4n) is 3.15. The number of benzene rings is 3. The lowest BCUT2D eigenvalue weighted by Gasteiger charge is -2.17. The van der Waals surface area contributed by atoms with Crippen LogP contribution in [0.2, 0.25) is 10.0 Å². The second-order valence-electron chi connectivity index (χ2n) is 6.57. The second-order valence-corrected chi connectivity index (χ2v) is 8.37. The van der Waals surface area contributed by atoms with Crippen molar-refractivity contribution in [2.45, 2.75) is 0 Å². The zero-order chi connectivity index (χ0) is 22.8. The van der Waals surface area contributed by atoms with Crippen LogP contribution in [-0.2, 0) is 14.3 Å². The molecular weight excluding hydrogens is 471 g/mol. The molecule has 1 fully saturated rings. The van der Waals surface area contributed by atoms with Gasteiger partial charge in [-0.25, -0.2) is 4.79 Å². The largest absolute Gasteiger partial charge is 0.466 e. The van der Waals surface area contributed by atoms with E-state index in [1.807, 2.05) is 30.3 Å². The molecule has 0 spiro atoms. The maximum Gasteiger partial charge on any atom is 0.331 e. The van der Waals surface area contributed by atoms with Crippen LogP contribution in [0.4, 0.5) is 5.69 Å². The van der Waals surface area contributed by atoms with Crippen LogP contribution >= 0.6 is 35.0 Å². The van der Waals surface area contributed by atoms with E-state index in [0.717, 1.165) is 33.5 Å². The summed E-state index contributed by atoms with van der Waals surface area (Å²) in [5.41, 5.74) is 0.626. The van der Waals surface area contributed by atoms with Gasteiger partial charge in [-0.05, 0) is 40.7 Å². The molecule has 0 radical (unpaired) electrons. The average Bonchev–Trinajstić information content (AvgIpc) is 3.09. The van der Waals surface area contributed by atoms with Crippen LogP contribution in [0.15, 0.2) is 76.6 Å². The first-order valence-corrected chi connectivity index (χ1v) is 10.8. The number of amides is 2. The Morgan fingerprint density at radius 1 is 1.03 bits per heavy atom. The molecule has 3 aromatic rings. The van der Waals surface area contributed by atoms with Gasteiger partial charge in [0.1, 0.15) is 0 Å². The van der Waals surface area contributed by atoms with E-state index in [2.05, 4.69) is 9.73 Å². The highest BCUT2D eigenvalue weighted by Gasteiger charge is 2.37. The standard InChI is InChI=1S/C23H14Cl2N2O4S/c1-31-19(28)12-18-22(30)27(17-11-5-10-16(24)20(17)25)23(32-18)26-21(29)15-9-4-7-13-6-2-3-8-14(13)15/h2-12H,1H3/b18-12-,26-23?. The number of thioether (sulfide) groups is 1. The Bertz CT molecular complexity index is 1330. The van der Waals surface area contributed by atoms with Crippen LogP contribution in [-0.4, -0.2) is 30.1 Å². The van der Waals surface area contributed by atoms with Gasteiger partial charge in [-0.1, -0.05) is 65.7 Å². The van der Waals surface area contributed by atoms with Gasteiger partial charge < -0.3 is 4.74 Å². The van der Waals surface area contributed by atoms with Crippen LogP contribution < -0.4 is 4.90 Å². The third-order valence-corrected chi connectivity index (χ3v) is 6.42. The number of amidine groups is 1. The Balaban J connectivity index is 1.83. The minimum absolute atomic E-state index is 0.0392. The first kappa shape index (κ1) is 22.1. The van der Waals surface area contributed by atoms with E-state index in [-0.39, 0.29) is 25.8 Å². The first-order valence-electron chi connectivity index (χ1n) is 9.27. The summed E-state index contributed by atoms with van der Waals surface area (Å²) in [4.78, 5) is 43.4. The minimum Gasteiger partial charge on any atom is -0.466 e. The Morgan fingerprint density at radius 2 is 1.75 bits per heavy atom. The van der Waals surface area contributed by atoms with E-state index < -0.39 is 17.8 Å². The Morgan fingerprint density at radius 3 is 2.53 bits per heavy atom. The molecule has 160 valence electrons. The number of carbonyl (C=O) groups is 3. The van der Waals surface area contributed by atoms with Gasteiger partial charge in [-0.3, -0.25) is 14.5 Å². The molecule has 3 aromatic carbocycles. The molecule has 0 aliphatic carbocycles. The molecule has 1 heterocycles. The van der Waals surface area contributed by atoms with E-state index in [4.69, 9.17) is 23.2 Å². The lowest BCUT2D eigenvalue weighted by molar-refractivity contribution is -0.135. The molecule has 9 heteroatoms. The summed E-state index contributed by atoms with van der Waals surface area (Å²) in [6.07, 6.45) is 1.05. The number of halogens is 2. The van der Waals surface area contributed by atoms with Gasteiger partial charge in [-0.15, -0.1) is 0 Å². The van der Waals surface area contributed by atoms with Crippen molar-refractivity contribution >= 4 is 74.4 Å². The van der Waals surface area contributed by atoms with Crippen LogP contribution in [0.25, 0.3) is 10.8 Å². The van der Waals surface area contributed by atoms with E-state index in [1.165, 1.54) is 7.11 Å². The van der Waals surface area contributed by atoms with Gasteiger partial charge in [-0.2, -0.15) is 4.99 Å². The van der Waals surface area contributed by atoms with Crippen LogP contribution in [0, 0.1) is 0 Å². The van der Waals surface area contributed by atoms with Crippen molar-refractivity contribution in [1.29, 1.82) is 0 Å². The van der Waals surface area contributed by atoms with Gasteiger partial charge >= 0.3 is 5.97 Å². The molecule has 1 aliphatic heterocycles. The predicted molar refractivity (Wildman–Crippen MR) is 127 cm³/mol. The summed E-state index contributed by atoms with van der Waals surface area (Å²) in [5.74, 6) is -1.83. The van der Waals surface area contributed by atoms with Crippen molar-refractivity contribution in [3.63, 3.8) is 0 Å².